The summed E-state index contributed by atoms with van der Waals surface area (Å²) in [5.41, 5.74) is 1.16. The Hall–Kier alpha value is -3.14. The van der Waals surface area contributed by atoms with Crippen LogP contribution < -0.4 is 10.1 Å². The molecule has 2 heterocycles. The first kappa shape index (κ1) is 11.9. The molecule has 3 aromatic rings. The highest BCUT2D eigenvalue weighted by molar-refractivity contribution is 5.80. The molecule has 3 rings (SSSR count). The molecule has 20 heavy (non-hydrogen) atoms. The van der Waals surface area contributed by atoms with Crippen LogP contribution in [0.1, 0.15) is 5.56 Å². The van der Waals surface area contributed by atoms with Gasteiger partial charge in [0.1, 0.15) is 11.1 Å². The number of hydrogen-bond donors (Lipinski definition) is 2. The lowest BCUT2D eigenvalue weighted by atomic mass is 10.2. The zero-order chi connectivity index (χ0) is 13.9. The monoisotopic (exact) mass is 266 g/mol. The van der Waals surface area contributed by atoms with Gasteiger partial charge >= 0.3 is 0 Å². The van der Waals surface area contributed by atoms with Gasteiger partial charge in [-0.15, -0.1) is 0 Å². The number of nitrogens with zero attached hydrogens (tertiary/aromatic N) is 4. The van der Waals surface area contributed by atoms with Crippen LogP contribution in [0.25, 0.3) is 11.0 Å². The Balaban J connectivity index is 2.00. The van der Waals surface area contributed by atoms with Gasteiger partial charge in [-0.05, 0) is 24.3 Å². The molecular formula is C13H10N6O. The van der Waals surface area contributed by atoms with Crippen molar-refractivity contribution in [2.24, 2.45) is 0 Å². The molecule has 0 amide bonds. The summed E-state index contributed by atoms with van der Waals surface area (Å²) in [5, 5.41) is 19.0. The SMILES string of the molecule is CNc1nc(Oc2ccc(C#N)cc2)c2cn[nH]c2n1. The van der Waals surface area contributed by atoms with Gasteiger partial charge in [0, 0.05) is 7.05 Å². The summed E-state index contributed by atoms with van der Waals surface area (Å²) in [6.45, 7) is 0. The van der Waals surface area contributed by atoms with Gasteiger partial charge in [-0.25, -0.2) is 0 Å². The van der Waals surface area contributed by atoms with Crippen molar-refractivity contribution in [3.05, 3.63) is 36.0 Å². The Morgan fingerprint density at radius 3 is 2.75 bits per heavy atom. The zero-order valence-corrected chi connectivity index (χ0v) is 10.6. The van der Waals surface area contributed by atoms with Gasteiger partial charge in [-0.3, -0.25) is 5.10 Å². The molecule has 0 unspecified atom stereocenters. The maximum atomic E-state index is 8.77. The molecule has 1 aromatic carbocycles. The second kappa shape index (κ2) is 4.85. The third-order valence-electron chi connectivity index (χ3n) is 2.70. The fourth-order valence-electron chi connectivity index (χ4n) is 1.71. The summed E-state index contributed by atoms with van der Waals surface area (Å²) in [5.74, 6) is 1.43. The third kappa shape index (κ3) is 2.10. The van der Waals surface area contributed by atoms with Crippen LogP contribution in [0.3, 0.4) is 0 Å². The van der Waals surface area contributed by atoms with Crippen LogP contribution in [-0.4, -0.2) is 27.2 Å². The quantitative estimate of drug-likeness (QED) is 0.752. The van der Waals surface area contributed by atoms with Crippen molar-refractivity contribution in [3.8, 4) is 17.7 Å². The van der Waals surface area contributed by atoms with Crippen LogP contribution in [0.4, 0.5) is 5.95 Å². The molecule has 98 valence electrons. The lowest BCUT2D eigenvalue weighted by Crippen LogP contribution is -1.99. The highest BCUT2D eigenvalue weighted by Gasteiger charge is 2.11. The molecule has 0 spiro atoms. The lowest BCUT2D eigenvalue weighted by molar-refractivity contribution is 0.469. The number of H-pyrrole nitrogens is 1. The number of hydrogen-bond acceptors (Lipinski definition) is 6. The fourth-order valence-corrected chi connectivity index (χ4v) is 1.71. The van der Waals surface area contributed by atoms with Crippen LogP contribution in [0, 0.1) is 11.3 Å². The molecule has 0 aliphatic rings. The van der Waals surface area contributed by atoms with E-state index in [1.54, 1.807) is 37.5 Å². The van der Waals surface area contributed by atoms with Gasteiger partial charge in [-0.1, -0.05) is 0 Å². The van der Waals surface area contributed by atoms with E-state index in [1.165, 1.54) is 0 Å². The predicted molar refractivity (Wildman–Crippen MR) is 72.5 cm³/mol. The first-order valence-electron chi connectivity index (χ1n) is 5.87. The van der Waals surface area contributed by atoms with E-state index in [1.807, 2.05) is 0 Å². The van der Waals surface area contributed by atoms with Crippen LogP contribution >= 0.6 is 0 Å². The molecule has 0 radical (unpaired) electrons. The van der Waals surface area contributed by atoms with Crippen LogP contribution in [0.5, 0.6) is 11.6 Å². The minimum Gasteiger partial charge on any atom is -0.438 e. The van der Waals surface area contributed by atoms with Gasteiger partial charge < -0.3 is 10.1 Å². The largest absolute Gasteiger partial charge is 0.438 e. The predicted octanol–water partition coefficient (Wildman–Crippen LogP) is 2.06. The number of aromatic nitrogens is 4. The average molecular weight is 266 g/mol. The first-order valence-corrected chi connectivity index (χ1v) is 5.87. The number of nitrogens with one attached hydrogen (secondary N) is 2. The maximum absolute atomic E-state index is 8.77. The topological polar surface area (TPSA) is 99.5 Å². The zero-order valence-electron chi connectivity index (χ0n) is 10.6. The number of ether oxygens (including phenoxy) is 1. The highest BCUT2D eigenvalue weighted by Crippen LogP contribution is 2.27. The molecular weight excluding hydrogens is 256 g/mol. The van der Waals surface area contributed by atoms with E-state index < -0.39 is 0 Å². The number of rotatable bonds is 3. The minimum absolute atomic E-state index is 0.401. The van der Waals surface area contributed by atoms with Crippen molar-refractivity contribution in [2.45, 2.75) is 0 Å². The van der Waals surface area contributed by atoms with Gasteiger partial charge in [0.05, 0.1) is 17.8 Å². The lowest BCUT2D eigenvalue weighted by Gasteiger charge is -2.07. The molecule has 0 aliphatic carbocycles. The van der Waals surface area contributed by atoms with E-state index >= 15 is 0 Å². The second-order valence-corrected chi connectivity index (χ2v) is 3.97. The summed E-state index contributed by atoms with van der Waals surface area (Å²) in [6, 6.07) is 8.85. The van der Waals surface area contributed by atoms with E-state index in [9.17, 15) is 0 Å². The van der Waals surface area contributed by atoms with Crippen molar-refractivity contribution in [1.82, 2.24) is 20.2 Å². The molecule has 7 nitrogen and oxygen atoms in total. The second-order valence-electron chi connectivity index (χ2n) is 3.97. The van der Waals surface area contributed by atoms with E-state index in [0.717, 1.165) is 0 Å². The van der Waals surface area contributed by atoms with Gasteiger partial charge in [0.25, 0.3) is 0 Å². The van der Waals surface area contributed by atoms with Gasteiger partial charge in [0.2, 0.25) is 11.8 Å². The van der Waals surface area contributed by atoms with Gasteiger partial charge in [-0.2, -0.15) is 20.3 Å². The standard InChI is InChI=1S/C13H10N6O/c1-15-13-17-11-10(7-16-19-11)12(18-13)20-9-4-2-8(6-14)3-5-9/h2-5,7H,1H3,(H2,15,16,17,18,19). The Morgan fingerprint density at radius 2 is 2.05 bits per heavy atom. The number of nitriles is 1. The molecule has 0 fully saturated rings. The molecule has 0 saturated carbocycles. The molecule has 0 atom stereocenters. The molecule has 0 aliphatic heterocycles. The highest BCUT2D eigenvalue weighted by atomic mass is 16.5. The number of aromatic amines is 1. The van der Waals surface area contributed by atoms with Crippen molar-refractivity contribution >= 4 is 17.0 Å². The molecule has 0 saturated heterocycles. The van der Waals surface area contributed by atoms with Crippen molar-refractivity contribution in [1.29, 1.82) is 5.26 Å². The van der Waals surface area contributed by atoms with Crippen molar-refractivity contribution < 1.29 is 4.74 Å². The van der Waals surface area contributed by atoms with E-state index in [0.29, 0.717) is 34.2 Å². The number of anilines is 1. The Kier molecular flexibility index (Phi) is 2.89. The molecule has 0 bridgehead atoms. The smallest absolute Gasteiger partial charge is 0.235 e. The Labute approximate surface area is 114 Å². The summed E-state index contributed by atoms with van der Waals surface area (Å²) in [7, 11) is 1.73. The third-order valence-corrected chi connectivity index (χ3v) is 2.70. The van der Waals surface area contributed by atoms with Crippen molar-refractivity contribution in [3.63, 3.8) is 0 Å². The summed E-state index contributed by atoms with van der Waals surface area (Å²) >= 11 is 0. The number of benzene rings is 1. The fraction of sp³-hybridized carbons (Fsp3) is 0.0769. The Bertz CT molecular complexity index is 787. The summed E-state index contributed by atoms with van der Waals surface area (Å²) in [4.78, 5) is 8.48. The van der Waals surface area contributed by atoms with Crippen LogP contribution in [0.2, 0.25) is 0 Å². The van der Waals surface area contributed by atoms with E-state index in [4.69, 9.17) is 10.00 Å². The Morgan fingerprint density at radius 1 is 1.25 bits per heavy atom. The molecule has 7 heteroatoms. The van der Waals surface area contributed by atoms with Gasteiger partial charge in [0.15, 0.2) is 5.65 Å². The number of fused-ring (bicyclic) bond motifs is 1. The molecule has 2 aromatic heterocycles. The van der Waals surface area contributed by atoms with E-state index in [2.05, 4.69) is 31.6 Å². The van der Waals surface area contributed by atoms with Crippen LogP contribution in [-0.2, 0) is 0 Å². The minimum atomic E-state index is 0.401. The normalized spacial score (nSPS) is 10.2. The first-order chi connectivity index (χ1) is 9.80. The summed E-state index contributed by atoms with van der Waals surface area (Å²) in [6.07, 6.45) is 1.60. The molecule has 2 N–H and O–H groups in total. The van der Waals surface area contributed by atoms with Crippen LogP contribution in [0.15, 0.2) is 30.5 Å². The van der Waals surface area contributed by atoms with Crippen molar-refractivity contribution in [2.75, 3.05) is 12.4 Å². The maximum Gasteiger partial charge on any atom is 0.235 e. The van der Waals surface area contributed by atoms with E-state index in [-0.39, 0.29) is 0 Å². The average Bonchev–Trinajstić information content (AvgIpc) is 2.96. The summed E-state index contributed by atoms with van der Waals surface area (Å²) < 4.78 is 5.73.